The van der Waals surface area contributed by atoms with Crippen LogP contribution in [0.15, 0.2) is 35.9 Å². The number of allylic oxidation sites excluding steroid dienone is 3. The molecule has 3 amide bonds. The fourth-order valence-corrected chi connectivity index (χ4v) is 7.58. The molecule has 14 heteroatoms. The number of aliphatic hydroxyl groups is 1. The fraction of sp³-hybridized carbons (Fsp3) is 0.622. The SMILES string of the molecule is COc1cc2cc(c1Cl)NC(=O)C[C@H](OC(=O)[C@H](C)N(C)C(=O)C1C(C)C1C)[C@]1(C)O[C@H]1[C@H](C)[C@@H]1C[C@@](O)(NC(=O)O1)[C@H](OC)/C=C/C=C(\C)C2. The number of likely N-dealkylation sites (N-methyl/N-ethyl adjacent to an activating group) is 1. The molecule has 5 rings (SSSR count). The van der Waals surface area contributed by atoms with E-state index in [4.69, 9.17) is 35.3 Å². The predicted octanol–water partition coefficient (Wildman–Crippen LogP) is 4.39. The lowest BCUT2D eigenvalue weighted by molar-refractivity contribution is -0.162. The third-order valence-electron chi connectivity index (χ3n) is 11.2. The number of anilines is 1. The summed E-state index contributed by atoms with van der Waals surface area (Å²) in [6.45, 7) is 11.0. The Morgan fingerprint density at radius 3 is 2.45 bits per heavy atom. The van der Waals surface area contributed by atoms with E-state index in [2.05, 4.69) is 10.6 Å². The molecule has 280 valence electrons. The second kappa shape index (κ2) is 14.8. The summed E-state index contributed by atoms with van der Waals surface area (Å²) >= 11 is 6.65. The molecule has 10 atom stereocenters. The minimum atomic E-state index is -1.82. The highest BCUT2D eigenvalue weighted by Gasteiger charge is 2.64. The summed E-state index contributed by atoms with van der Waals surface area (Å²) in [5.41, 5.74) is -0.979. The van der Waals surface area contributed by atoms with E-state index in [1.165, 1.54) is 19.1 Å². The van der Waals surface area contributed by atoms with Crippen LogP contribution in [-0.4, -0.2) is 96.9 Å². The summed E-state index contributed by atoms with van der Waals surface area (Å²) in [5.74, 6) is -1.23. The second-order valence-corrected chi connectivity index (χ2v) is 15.1. The van der Waals surface area contributed by atoms with E-state index >= 15 is 0 Å². The number of carbonyl (C=O) groups is 4. The van der Waals surface area contributed by atoms with Crippen molar-refractivity contribution in [2.75, 3.05) is 26.6 Å². The number of nitrogens with one attached hydrogen (secondary N) is 2. The third kappa shape index (κ3) is 7.91. The number of hydrogen-bond donors (Lipinski definition) is 3. The van der Waals surface area contributed by atoms with Crippen molar-refractivity contribution in [2.24, 2.45) is 23.7 Å². The molecular weight excluding hydrogens is 682 g/mol. The summed E-state index contributed by atoms with van der Waals surface area (Å²) in [4.78, 5) is 54.8. The Bertz CT molecular complexity index is 1610. The molecule has 0 radical (unpaired) electrons. The molecule has 1 saturated carbocycles. The largest absolute Gasteiger partial charge is 0.495 e. The maximum atomic E-state index is 13.8. The number of fused-ring (bicyclic) bond motifs is 5. The van der Waals surface area contributed by atoms with Gasteiger partial charge in [0.2, 0.25) is 11.8 Å². The maximum Gasteiger partial charge on any atom is 0.409 e. The van der Waals surface area contributed by atoms with Crippen LogP contribution < -0.4 is 15.4 Å². The van der Waals surface area contributed by atoms with Crippen molar-refractivity contribution in [3.8, 4) is 5.75 Å². The van der Waals surface area contributed by atoms with Gasteiger partial charge in [-0.05, 0) is 56.7 Å². The highest BCUT2D eigenvalue weighted by Crippen LogP contribution is 2.49. The Morgan fingerprint density at radius 2 is 1.82 bits per heavy atom. The molecule has 51 heavy (non-hydrogen) atoms. The van der Waals surface area contributed by atoms with Gasteiger partial charge < -0.3 is 39.0 Å². The van der Waals surface area contributed by atoms with Crippen molar-refractivity contribution in [2.45, 2.75) is 103 Å². The van der Waals surface area contributed by atoms with Crippen molar-refractivity contribution in [1.82, 2.24) is 10.2 Å². The molecule has 1 aromatic carbocycles. The van der Waals surface area contributed by atoms with Crippen LogP contribution in [0.5, 0.6) is 5.75 Å². The Labute approximate surface area is 304 Å². The van der Waals surface area contributed by atoms with Crippen LogP contribution in [0.3, 0.4) is 0 Å². The molecule has 2 unspecified atom stereocenters. The number of nitrogens with zero attached hydrogens (tertiary/aromatic N) is 1. The molecule has 3 fully saturated rings. The van der Waals surface area contributed by atoms with Gasteiger partial charge in [0, 0.05) is 32.4 Å². The number of hydrogen-bond acceptors (Lipinski definition) is 10. The number of ether oxygens (including phenoxy) is 5. The zero-order valence-corrected chi connectivity index (χ0v) is 31.4. The van der Waals surface area contributed by atoms with Crippen LogP contribution in [-0.2, 0) is 39.8 Å². The average Bonchev–Trinajstić information content (AvgIpc) is 3.94. The number of rotatable bonds is 6. The lowest BCUT2D eigenvalue weighted by atomic mass is 9.83. The number of benzene rings is 1. The van der Waals surface area contributed by atoms with Gasteiger partial charge in [0.15, 0.2) is 5.72 Å². The van der Waals surface area contributed by atoms with Crippen LogP contribution in [0, 0.1) is 23.7 Å². The van der Waals surface area contributed by atoms with Gasteiger partial charge in [-0.1, -0.05) is 56.2 Å². The minimum absolute atomic E-state index is 0.0432. The molecule has 1 aliphatic carbocycles. The molecule has 3 aliphatic heterocycles. The zero-order chi connectivity index (χ0) is 37.6. The van der Waals surface area contributed by atoms with Crippen molar-refractivity contribution in [3.63, 3.8) is 0 Å². The van der Waals surface area contributed by atoms with Crippen molar-refractivity contribution < 1.29 is 48.0 Å². The molecule has 4 aliphatic rings. The first-order valence-corrected chi connectivity index (χ1v) is 17.7. The van der Waals surface area contributed by atoms with E-state index in [0.717, 1.165) is 11.1 Å². The van der Waals surface area contributed by atoms with E-state index in [9.17, 15) is 24.3 Å². The van der Waals surface area contributed by atoms with E-state index in [-0.39, 0.29) is 41.5 Å². The molecule has 3 heterocycles. The summed E-state index contributed by atoms with van der Waals surface area (Å²) in [7, 11) is 4.48. The fourth-order valence-electron chi connectivity index (χ4n) is 7.34. The molecule has 1 aromatic rings. The number of methoxy groups -OCH3 is 2. The van der Waals surface area contributed by atoms with Gasteiger partial charge in [-0.2, -0.15) is 0 Å². The highest BCUT2D eigenvalue weighted by molar-refractivity contribution is 6.35. The molecule has 2 saturated heterocycles. The molecular formula is C37H50ClN3O10. The average molecular weight is 732 g/mol. The molecule has 0 spiro atoms. The van der Waals surface area contributed by atoms with Crippen molar-refractivity contribution in [1.29, 1.82) is 0 Å². The molecule has 13 nitrogen and oxygen atoms in total. The van der Waals surface area contributed by atoms with Gasteiger partial charge >= 0.3 is 12.1 Å². The number of amides is 3. The first-order valence-electron chi connectivity index (χ1n) is 17.3. The van der Waals surface area contributed by atoms with Crippen LogP contribution in [0.1, 0.15) is 59.9 Å². The van der Waals surface area contributed by atoms with Gasteiger partial charge in [-0.25, -0.2) is 9.59 Å². The van der Waals surface area contributed by atoms with Gasteiger partial charge in [0.25, 0.3) is 0 Å². The number of alkyl carbamates (subject to hydrolysis) is 1. The minimum Gasteiger partial charge on any atom is -0.495 e. The Hall–Kier alpha value is -3.65. The lowest BCUT2D eigenvalue weighted by Gasteiger charge is -2.42. The first kappa shape index (κ1) is 38.6. The van der Waals surface area contributed by atoms with Crippen LogP contribution in [0.4, 0.5) is 10.5 Å². The number of halogens is 1. The van der Waals surface area contributed by atoms with E-state index in [1.54, 1.807) is 52.1 Å². The molecule has 3 N–H and O–H groups in total. The normalized spacial score (nSPS) is 37.2. The predicted molar refractivity (Wildman–Crippen MR) is 188 cm³/mol. The maximum absolute atomic E-state index is 13.8. The summed E-state index contributed by atoms with van der Waals surface area (Å²) in [5, 5.41) is 17.3. The monoisotopic (exact) mass is 731 g/mol. The standard InChI is InChI=1S/C37H50ClN3O10/c1-18-11-10-12-27(48-9)37(46)17-26(49-35(45)40-37)21(4)32-36(6,51-32)28(50-34(44)22(5)41(7)33(43)30-19(2)20(30)3)16-29(42)39-24-14-23(13-18)15-25(47-8)31(24)38/h10-12,14-15,19-22,26-28,30,32,46H,13,16-17H2,1-9H3,(H,39,42)(H,40,45)/b12-10+,18-11+/t19?,20?,21-,22+,26+,27-,28+,30?,32+,36+,37+/m1/s1. The van der Waals surface area contributed by atoms with Gasteiger partial charge in [0.05, 0.1) is 25.3 Å². The molecule has 4 bridgehead atoms. The number of esters is 1. The number of epoxide rings is 1. The van der Waals surface area contributed by atoms with E-state index in [0.29, 0.717) is 17.9 Å². The van der Waals surface area contributed by atoms with Crippen molar-refractivity contribution >= 4 is 41.2 Å². The van der Waals surface area contributed by atoms with E-state index in [1.807, 2.05) is 26.8 Å². The second-order valence-electron chi connectivity index (χ2n) is 14.7. The lowest BCUT2D eigenvalue weighted by Crippen LogP contribution is -2.63. The van der Waals surface area contributed by atoms with Crippen LogP contribution >= 0.6 is 11.6 Å². The van der Waals surface area contributed by atoms with E-state index < -0.39 is 65.7 Å². The van der Waals surface area contributed by atoms with Crippen LogP contribution in [0.25, 0.3) is 0 Å². The van der Waals surface area contributed by atoms with Gasteiger partial charge in [-0.3, -0.25) is 14.9 Å². The zero-order valence-electron chi connectivity index (χ0n) is 30.7. The van der Waals surface area contributed by atoms with Gasteiger partial charge in [0.1, 0.15) is 40.7 Å². The summed E-state index contributed by atoms with van der Waals surface area (Å²) < 4.78 is 29.1. The van der Waals surface area contributed by atoms with Crippen molar-refractivity contribution in [3.05, 3.63) is 46.5 Å². The summed E-state index contributed by atoms with van der Waals surface area (Å²) in [6.07, 6.45) is 0.980. The highest BCUT2D eigenvalue weighted by atomic mass is 35.5. The third-order valence-corrected chi connectivity index (χ3v) is 11.5. The smallest absolute Gasteiger partial charge is 0.409 e. The topological polar surface area (TPSA) is 165 Å². The Morgan fingerprint density at radius 1 is 1.14 bits per heavy atom. The quantitative estimate of drug-likeness (QED) is 0.282. The van der Waals surface area contributed by atoms with Gasteiger partial charge in [-0.15, -0.1) is 0 Å². The first-order chi connectivity index (χ1) is 23.9. The summed E-state index contributed by atoms with van der Waals surface area (Å²) in [6, 6.07) is 2.58. The molecule has 0 aromatic heterocycles. The number of carbonyl (C=O) groups excluding carboxylic acids is 4. The Balaban J connectivity index is 1.49. The Kier molecular flexibility index (Phi) is 11.2. The van der Waals surface area contributed by atoms with Crippen LogP contribution in [0.2, 0.25) is 5.02 Å².